The highest BCUT2D eigenvalue weighted by molar-refractivity contribution is 6.43. The number of hydrogen-bond donors (Lipinski definition) is 4. The highest BCUT2D eigenvalue weighted by atomic mass is 16.4. The molecule has 0 fully saturated rings. The van der Waals surface area contributed by atoms with Crippen molar-refractivity contribution in [1.29, 1.82) is 0 Å². The molecule has 0 aromatic heterocycles. The molecule has 0 saturated heterocycles. The minimum atomic E-state index is -1.68. The fourth-order valence-electron chi connectivity index (χ4n) is 3.84. The second kappa shape index (κ2) is 20.0. The molecule has 0 aliphatic heterocycles. The molecule has 0 saturated carbocycles. The molecule has 0 aliphatic rings. The van der Waals surface area contributed by atoms with Gasteiger partial charge < -0.3 is 20.7 Å². The lowest BCUT2D eigenvalue weighted by atomic mass is 9.74. The molecule has 0 aliphatic carbocycles. The van der Waals surface area contributed by atoms with Crippen LogP contribution in [0.3, 0.4) is 0 Å². The van der Waals surface area contributed by atoms with Gasteiger partial charge in [-0.05, 0) is 25.2 Å². The van der Waals surface area contributed by atoms with Gasteiger partial charge >= 0.3 is 7.12 Å². The van der Waals surface area contributed by atoms with Crippen LogP contribution in [0.4, 0.5) is 0 Å². The Morgan fingerprint density at radius 1 is 0.818 bits per heavy atom. The molecule has 2 atom stereocenters. The highest BCUT2D eigenvalue weighted by Crippen LogP contribution is 2.13. The van der Waals surface area contributed by atoms with Gasteiger partial charge in [0.15, 0.2) is 0 Å². The summed E-state index contributed by atoms with van der Waals surface area (Å²) < 4.78 is 0. The molecule has 0 rings (SSSR count). The normalized spacial score (nSPS) is 12.9. The number of carbonyl (C=O) groups excluding carboxylic acids is 3. The molecule has 4 N–H and O–H groups in total. The molecule has 7 nitrogen and oxygen atoms in total. The zero-order valence-corrected chi connectivity index (χ0v) is 21.5. The lowest BCUT2D eigenvalue weighted by molar-refractivity contribution is -0.130. The minimum absolute atomic E-state index is 0.00824. The van der Waals surface area contributed by atoms with Crippen molar-refractivity contribution >= 4 is 24.7 Å². The maximum Gasteiger partial charge on any atom is 0.475 e. The van der Waals surface area contributed by atoms with Crippen LogP contribution in [-0.2, 0) is 14.4 Å². The molecule has 8 heteroatoms. The van der Waals surface area contributed by atoms with Crippen molar-refractivity contribution < 1.29 is 24.4 Å². The Morgan fingerprint density at radius 2 is 1.36 bits per heavy atom. The van der Waals surface area contributed by atoms with Gasteiger partial charge in [0.05, 0.1) is 11.9 Å². The fraction of sp³-hybridized carbons (Fsp3) is 0.880. The van der Waals surface area contributed by atoms with Crippen molar-refractivity contribution in [3.05, 3.63) is 0 Å². The van der Waals surface area contributed by atoms with Gasteiger partial charge in [0.1, 0.15) is 5.78 Å². The van der Waals surface area contributed by atoms with E-state index in [0.29, 0.717) is 19.3 Å². The Balaban J connectivity index is 4.79. The van der Waals surface area contributed by atoms with Crippen molar-refractivity contribution in [2.75, 3.05) is 6.54 Å². The van der Waals surface area contributed by atoms with Crippen LogP contribution < -0.4 is 10.6 Å². The van der Waals surface area contributed by atoms with Crippen LogP contribution in [-0.4, -0.2) is 47.2 Å². The number of amides is 2. The molecule has 33 heavy (non-hydrogen) atoms. The van der Waals surface area contributed by atoms with Crippen LogP contribution >= 0.6 is 0 Å². The maximum atomic E-state index is 12.9. The summed E-state index contributed by atoms with van der Waals surface area (Å²) >= 11 is 0. The third kappa shape index (κ3) is 17.7. The zero-order valence-electron chi connectivity index (χ0n) is 21.5. The quantitative estimate of drug-likeness (QED) is 0.150. The van der Waals surface area contributed by atoms with E-state index in [1.807, 2.05) is 13.8 Å². The number of ketones is 1. The van der Waals surface area contributed by atoms with Crippen LogP contribution in [0, 0.1) is 11.8 Å². The van der Waals surface area contributed by atoms with E-state index in [0.717, 1.165) is 38.5 Å². The largest absolute Gasteiger partial charge is 0.475 e. The monoisotopic (exact) mass is 468 g/mol. The molecule has 0 bridgehead atoms. The van der Waals surface area contributed by atoms with E-state index >= 15 is 0 Å². The van der Waals surface area contributed by atoms with E-state index in [1.54, 1.807) is 0 Å². The summed E-state index contributed by atoms with van der Waals surface area (Å²) in [4.78, 5) is 37.6. The van der Waals surface area contributed by atoms with Gasteiger partial charge in [0.2, 0.25) is 11.8 Å². The first-order valence-electron chi connectivity index (χ1n) is 13.2. The van der Waals surface area contributed by atoms with E-state index < -0.39 is 24.9 Å². The molecule has 0 aromatic carbocycles. The van der Waals surface area contributed by atoms with Crippen molar-refractivity contribution in [2.45, 2.75) is 124 Å². The summed E-state index contributed by atoms with van der Waals surface area (Å²) in [7, 11) is -1.68. The van der Waals surface area contributed by atoms with Crippen LogP contribution in [0.2, 0.25) is 0 Å². The SMILES string of the molecule is CCCCCCCCCC(=O)C[C@@H](CNC(=O)CCCCC)C(=O)N[C@@H](CC(C)C)B(O)O. The lowest BCUT2D eigenvalue weighted by Gasteiger charge is -2.23. The van der Waals surface area contributed by atoms with Gasteiger partial charge in [-0.3, -0.25) is 14.4 Å². The van der Waals surface area contributed by atoms with E-state index in [2.05, 4.69) is 24.5 Å². The summed E-state index contributed by atoms with van der Waals surface area (Å²) in [5.74, 6) is -1.90. The summed E-state index contributed by atoms with van der Waals surface area (Å²) in [5.41, 5.74) is 0. The van der Waals surface area contributed by atoms with Gasteiger partial charge in [0.25, 0.3) is 0 Å². The summed E-state index contributed by atoms with van der Waals surface area (Å²) in [5, 5.41) is 24.7. The molecule has 0 aromatic rings. The smallest absolute Gasteiger partial charge is 0.426 e. The number of unbranched alkanes of at least 4 members (excludes halogenated alkanes) is 8. The van der Waals surface area contributed by atoms with Crippen molar-refractivity contribution in [3.63, 3.8) is 0 Å². The molecule has 2 amide bonds. The van der Waals surface area contributed by atoms with Gasteiger partial charge in [-0.2, -0.15) is 0 Å². The zero-order chi connectivity index (χ0) is 25.1. The van der Waals surface area contributed by atoms with Crippen molar-refractivity contribution in [1.82, 2.24) is 10.6 Å². The maximum absolute atomic E-state index is 12.9. The summed E-state index contributed by atoms with van der Waals surface area (Å²) in [6.45, 7) is 8.20. The van der Waals surface area contributed by atoms with Gasteiger partial charge in [-0.15, -0.1) is 0 Å². The Hall–Kier alpha value is -1.41. The van der Waals surface area contributed by atoms with E-state index in [1.165, 1.54) is 25.7 Å². The number of rotatable bonds is 21. The Labute approximate surface area is 202 Å². The first-order valence-corrected chi connectivity index (χ1v) is 13.2. The number of carbonyl (C=O) groups is 3. The lowest BCUT2D eigenvalue weighted by Crippen LogP contribution is -2.50. The van der Waals surface area contributed by atoms with Gasteiger partial charge in [-0.1, -0.05) is 79.1 Å². The van der Waals surface area contributed by atoms with Crippen molar-refractivity contribution in [2.24, 2.45) is 11.8 Å². The average molecular weight is 468 g/mol. The van der Waals surface area contributed by atoms with Crippen molar-refractivity contribution in [3.8, 4) is 0 Å². The second-order valence-electron chi connectivity index (χ2n) is 9.73. The molecule has 0 unspecified atom stereocenters. The first-order chi connectivity index (χ1) is 15.7. The van der Waals surface area contributed by atoms with E-state index in [4.69, 9.17) is 0 Å². The Bertz CT molecular complexity index is 543. The number of Topliss-reactive ketones (excluding diaryl/α,β-unsaturated/α-hetero) is 1. The molecule has 0 heterocycles. The van der Waals surface area contributed by atoms with Crippen LogP contribution in [0.1, 0.15) is 118 Å². The Morgan fingerprint density at radius 3 is 1.94 bits per heavy atom. The predicted octanol–water partition coefficient (Wildman–Crippen LogP) is 3.94. The topological polar surface area (TPSA) is 116 Å². The van der Waals surface area contributed by atoms with E-state index in [9.17, 15) is 24.4 Å². The highest BCUT2D eigenvalue weighted by Gasteiger charge is 2.30. The molecule has 192 valence electrons. The standard InChI is InChI=1S/C25H49BN2O5/c1-5-7-9-10-11-12-14-15-22(29)18-21(19-27-24(30)16-13-8-6-2)25(31)28-23(26(32)33)17-20(3)4/h20-21,23,32-33H,5-19H2,1-4H3,(H,27,30)(H,28,31)/t21-,23-/m0/s1. The van der Waals surface area contributed by atoms with Crippen LogP contribution in [0.25, 0.3) is 0 Å². The second-order valence-corrected chi connectivity index (χ2v) is 9.73. The van der Waals surface area contributed by atoms with Crippen LogP contribution in [0.15, 0.2) is 0 Å². The van der Waals surface area contributed by atoms with E-state index in [-0.39, 0.29) is 30.6 Å². The molecular formula is C25H49BN2O5. The molecule has 0 spiro atoms. The first kappa shape index (κ1) is 31.6. The van der Waals surface area contributed by atoms with Gasteiger partial charge in [0, 0.05) is 25.8 Å². The number of hydrogen-bond acceptors (Lipinski definition) is 5. The molecular weight excluding hydrogens is 419 g/mol. The number of nitrogens with one attached hydrogen (secondary N) is 2. The van der Waals surface area contributed by atoms with Gasteiger partial charge in [-0.25, -0.2) is 0 Å². The predicted molar refractivity (Wildman–Crippen MR) is 134 cm³/mol. The average Bonchev–Trinajstić information content (AvgIpc) is 2.75. The molecule has 0 radical (unpaired) electrons. The fourth-order valence-corrected chi connectivity index (χ4v) is 3.84. The Kier molecular flexibility index (Phi) is 19.2. The third-order valence-electron chi connectivity index (χ3n) is 5.87. The minimum Gasteiger partial charge on any atom is -0.426 e. The van der Waals surface area contributed by atoms with Crippen LogP contribution in [0.5, 0.6) is 0 Å². The summed E-state index contributed by atoms with van der Waals surface area (Å²) in [6.07, 6.45) is 11.9. The third-order valence-corrected chi connectivity index (χ3v) is 5.87. The summed E-state index contributed by atoms with van der Waals surface area (Å²) in [6, 6.07) is 0.